The van der Waals surface area contributed by atoms with E-state index in [4.69, 9.17) is 5.26 Å². The summed E-state index contributed by atoms with van der Waals surface area (Å²) in [6.07, 6.45) is 2.46. The van der Waals surface area contributed by atoms with E-state index >= 15 is 0 Å². The van der Waals surface area contributed by atoms with Crippen LogP contribution in [0.2, 0.25) is 0 Å². The first-order valence-corrected chi connectivity index (χ1v) is 9.34. The van der Waals surface area contributed by atoms with Gasteiger partial charge in [0.15, 0.2) is 0 Å². The lowest BCUT2D eigenvalue weighted by Crippen LogP contribution is -2.32. The van der Waals surface area contributed by atoms with E-state index in [-0.39, 0.29) is 11.3 Å². The molecule has 6 nitrogen and oxygen atoms in total. The number of para-hydroxylation sites is 1. The summed E-state index contributed by atoms with van der Waals surface area (Å²) >= 11 is 0. The second-order valence-corrected chi connectivity index (χ2v) is 6.62. The molecule has 0 bridgehead atoms. The number of nitriles is 1. The van der Waals surface area contributed by atoms with Gasteiger partial charge in [0.2, 0.25) is 11.3 Å². The predicted octanol–water partition coefficient (Wildman–Crippen LogP) is 3.10. The summed E-state index contributed by atoms with van der Waals surface area (Å²) < 4.78 is 1.71. The van der Waals surface area contributed by atoms with Crippen molar-refractivity contribution in [1.82, 2.24) is 14.7 Å². The number of carbonyl (C=O) groups is 1. The van der Waals surface area contributed by atoms with Crippen LogP contribution in [0.5, 0.6) is 0 Å². The molecule has 0 N–H and O–H groups in total. The van der Waals surface area contributed by atoms with Crippen molar-refractivity contribution < 1.29 is 4.79 Å². The Kier molecular flexibility index (Phi) is 6.18. The van der Waals surface area contributed by atoms with Crippen LogP contribution in [-0.4, -0.2) is 27.1 Å². The first kappa shape index (κ1) is 19.3. The molecule has 0 saturated carbocycles. The van der Waals surface area contributed by atoms with E-state index in [0.29, 0.717) is 37.0 Å². The van der Waals surface area contributed by atoms with E-state index in [9.17, 15) is 9.59 Å². The molecule has 0 atom stereocenters. The molecular weight excluding hydrogens is 352 g/mol. The van der Waals surface area contributed by atoms with E-state index in [1.165, 1.54) is 6.20 Å². The average molecular weight is 374 g/mol. The summed E-state index contributed by atoms with van der Waals surface area (Å²) in [5.74, 6) is 0.0378. The lowest BCUT2D eigenvalue weighted by molar-refractivity contribution is -0.132. The number of rotatable bonds is 7. The zero-order valence-electron chi connectivity index (χ0n) is 15.8. The Morgan fingerprint density at radius 2 is 1.93 bits per heavy atom. The average Bonchev–Trinajstić information content (AvgIpc) is 2.73. The van der Waals surface area contributed by atoms with Crippen LogP contribution in [0.15, 0.2) is 59.5 Å². The summed E-state index contributed by atoms with van der Waals surface area (Å²) in [7, 11) is 0. The van der Waals surface area contributed by atoms with Gasteiger partial charge in [0.1, 0.15) is 0 Å². The number of hydrogen-bond acceptors (Lipinski definition) is 4. The molecule has 0 aliphatic rings. The first-order chi connectivity index (χ1) is 13.6. The molecule has 0 unspecified atom stereocenters. The number of benzene rings is 2. The maximum atomic E-state index is 12.8. The highest BCUT2D eigenvalue weighted by molar-refractivity contribution is 5.79. The van der Waals surface area contributed by atoms with Crippen molar-refractivity contribution >= 4 is 16.8 Å². The lowest BCUT2D eigenvalue weighted by atomic mass is 10.1. The van der Waals surface area contributed by atoms with Gasteiger partial charge in [-0.2, -0.15) is 10.4 Å². The quantitative estimate of drug-likeness (QED) is 0.636. The number of amides is 1. The Hall–Kier alpha value is -3.46. The second kappa shape index (κ2) is 8.96. The lowest BCUT2D eigenvalue weighted by Gasteiger charge is -2.22. The normalized spacial score (nSPS) is 10.6. The highest BCUT2D eigenvalue weighted by Crippen LogP contribution is 2.12. The van der Waals surface area contributed by atoms with Gasteiger partial charge in [-0.15, -0.1) is 0 Å². The van der Waals surface area contributed by atoms with Crippen LogP contribution in [0, 0.1) is 11.3 Å². The van der Waals surface area contributed by atoms with Crippen LogP contribution in [0.25, 0.3) is 10.9 Å². The van der Waals surface area contributed by atoms with Gasteiger partial charge in [-0.3, -0.25) is 14.3 Å². The van der Waals surface area contributed by atoms with Crippen LogP contribution < -0.4 is 5.43 Å². The number of hydrogen-bond donors (Lipinski definition) is 0. The van der Waals surface area contributed by atoms with Gasteiger partial charge in [0, 0.05) is 24.9 Å². The van der Waals surface area contributed by atoms with E-state index in [1.807, 2.05) is 42.2 Å². The smallest absolute Gasteiger partial charge is 0.224 e. The van der Waals surface area contributed by atoms with Gasteiger partial charge in [0.05, 0.1) is 29.9 Å². The molecular formula is C22H22N4O2. The molecule has 0 spiro atoms. The van der Waals surface area contributed by atoms with Crippen LogP contribution in [0.4, 0.5) is 0 Å². The van der Waals surface area contributed by atoms with Crippen LogP contribution in [0.3, 0.4) is 0 Å². The van der Waals surface area contributed by atoms with Crippen LogP contribution >= 0.6 is 0 Å². The SMILES string of the molecule is CCCN(Cc1ccc(C#N)cc1)C(=O)CCn1ncc(=O)c2ccccc21. The molecule has 0 fully saturated rings. The minimum atomic E-state index is -0.119. The monoisotopic (exact) mass is 374 g/mol. The van der Waals surface area contributed by atoms with Crippen molar-refractivity contribution in [2.75, 3.05) is 6.54 Å². The molecule has 142 valence electrons. The van der Waals surface area contributed by atoms with Crippen LogP contribution in [0.1, 0.15) is 30.9 Å². The van der Waals surface area contributed by atoms with E-state index < -0.39 is 0 Å². The molecule has 28 heavy (non-hydrogen) atoms. The highest BCUT2D eigenvalue weighted by Gasteiger charge is 2.14. The summed E-state index contributed by atoms with van der Waals surface area (Å²) in [4.78, 5) is 26.6. The predicted molar refractivity (Wildman–Crippen MR) is 107 cm³/mol. The molecule has 0 saturated heterocycles. The van der Waals surface area contributed by atoms with E-state index in [1.54, 1.807) is 22.9 Å². The topological polar surface area (TPSA) is 79.0 Å². The molecule has 3 aromatic rings. The molecule has 0 aliphatic heterocycles. The molecule has 1 amide bonds. The number of carbonyl (C=O) groups excluding carboxylic acids is 1. The molecule has 0 aliphatic carbocycles. The fourth-order valence-electron chi connectivity index (χ4n) is 3.17. The third kappa shape index (κ3) is 4.44. The largest absolute Gasteiger partial charge is 0.338 e. The minimum absolute atomic E-state index is 0.0378. The fraction of sp³-hybridized carbons (Fsp3) is 0.273. The Morgan fingerprint density at radius 1 is 1.18 bits per heavy atom. The van der Waals surface area contributed by atoms with Crippen molar-refractivity contribution in [1.29, 1.82) is 5.26 Å². The maximum absolute atomic E-state index is 12.8. The number of fused-ring (bicyclic) bond motifs is 1. The van der Waals surface area contributed by atoms with Crippen molar-refractivity contribution in [2.24, 2.45) is 0 Å². The zero-order chi connectivity index (χ0) is 19.9. The highest BCUT2D eigenvalue weighted by atomic mass is 16.2. The summed E-state index contributed by atoms with van der Waals surface area (Å²) in [5.41, 5.74) is 2.21. The molecule has 3 rings (SSSR count). The van der Waals surface area contributed by atoms with E-state index in [0.717, 1.165) is 17.5 Å². The third-order valence-electron chi connectivity index (χ3n) is 4.60. The fourth-order valence-corrected chi connectivity index (χ4v) is 3.17. The minimum Gasteiger partial charge on any atom is -0.338 e. The van der Waals surface area contributed by atoms with Gasteiger partial charge >= 0.3 is 0 Å². The molecule has 1 aromatic heterocycles. The molecule has 1 heterocycles. The van der Waals surface area contributed by atoms with Crippen molar-refractivity contribution in [3.05, 3.63) is 76.1 Å². The van der Waals surface area contributed by atoms with Gasteiger partial charge < -0.3 is 4.90 Å². The number of aryl methyl sites for hydroxylation is 1. The standard InChI is InChI=1S/C22H22N4O2/c1-2-12-25(16-18-9-7-17(14-23)8-10-18)22(28)11-13-26-20-6-4-3-5-19(20)21(27)15-24-26/h3-10,15H,2,11-13,16H2,1H3. The molecule has 0 radical (unpaired) electrons. The number of aromatic nitrogens is 2. The van der Waals surface area contributed by atoms with Gasteiger partial charge in [-0.25, -0.2) is 0 Å². The van der Waals surface area contributed by atoms with Gasteiger partial charge in [0.25, 0.3) is 0 Å². The molecule has 6 heteroatoms. The van der Waals surface area contributed by atoms with Crippen molar-refractivity contribution in [3.8, 4) is 6.07 Å². The Bertz CT molecular complexity index is 1060. The van der Waals surface area contributed by atoms with Crippen molar-refractivity contribution in [2.45, 2.75) is 32.9 Å². The number of nitrogens with zero attached hydrogens (tertiary/aromatic N) is 4. The Morgan fingerprint density at radius 3 is 2.64 bits per heavy atom. The molecule has 2 aromatic carbocycles. The Labute approximate surface area is 163 Å². The van der Waals surface area contributed by atoms with Gasteiger partial charge in [-0.1, -0.05) is 31.2 Å². The second-order valence-electron chi connectivity index (χ2n) is 6.62. The van der Waals surface area contributed by atoms with E-state index in [2.05, 4.69) is 11.2 Å². The van der Waals surface area contributed by atoms with Gasteiger partial charge in [-0.05, 0) is 36.2 Å². The zero-order valence-corrected chi connectivity index (χ0v) is 15.8. The first-order valence-electron chi connectivity index (χ1n) is 9.34. The Balaban J connectivity index is 1.71. The van der Waals surface area contributed by atoms with Crippen molar-refractivity contribution in [3.63, 3.8) is 0 Å². The summed E-state index contributed by atoms with van der Waals surface area (Å²) in [6, 6.07) is 16.7. The van der Waals surface area contributed by atoms with Crippen LogP contribution in [-0.2, 0) is 17.9 Å². The third-order valence-corrected chi connectivity index (χ3v) is 4.60. The maximum Gasteiger partial charge on any atom is 0.224 e. The summed E-state index contributed by atoms with van der Waals surface area (Å²) in [5, 5.41) is 13.7. The summed E-state index contributed by atoms with van der Waals surface area (Å²) in [6.45, 7) is 3.62.